The van der Waals surface area contributed by atoms with Gasteiger partial charge in [-0.1, -0.05) is 42.8 Å². The molecule has 2 N–H and O–H groups in total. The number of carboxylic acid groups (broad SMARTS) is 1. The second-order valence-corrected chi connectivity index (χ2v) is 9.44. The molecule has 0 saturated heterocycles. The number of rotatable bonds is 8. The number of anilines is 1. The number of amides is 1. The van der Waals surface area contributed by atoms with E-state index in [0.717, 1.165) is 25.2 Å². The minimum atomic E-state index is -4.62. The minimum Gasteiger partial charge on any atom is -0.481 e. The van der Waals surface area contributed by atoms with E-state index in [1.165, 1.54) is 24.4 Å². The van der Waals surface area contributed by atoms with Crippen LogP contribution in [0.1, 0.15) is 49.1 Å². The van der Waals surface area contributed by atoms with Crippen LogP contribution in [0.2, 0.25) is 5.02 Å². The van der Waals surface area contributed by atoms with Gasteiger partial charge in [0, 0.05) is 11.6 Å². The molecule has 9 heteroatoms. The van der Waals surface area contributed by atoms with Crippen molar-refractivity contribution < 1.29 is 27.9 Å². The number of hydrogen-bond donors (Lipinski definition) is 2. The molecule has 0 unspecified atom stereocenters. The smallest absolute Gasteiger partial charge is 0.392 e. The maximum absolute atomic E-state index is 13.8. The van der Waals surface area contributed by atoms with E-state index < -0.39 is 29.9 Å². The van der Waals surface area contributed by atoms with Gasteiger partial charge >= 0.3 is 12.1 Å². The molecule has 4 rings (SSSR count). The molecule has 0 spiro atoms. The van der Waals surface area contributed by atoms with E-state index in [-0.39, 0.29) is 34.5 Å². The van der Waals surface area contributed by atoms with Crippen molar-refractivity contribution in [2.45, 2.75) is 44.2 Å². The number of fused-ring (bicyclic) bond motifs is 1. The fourth-order valence-electron chi connectivity index (χ4n) is 4.46. The van der Waals surface area contributed by atoms with Gasteiger partial charge in [-0.2, -0.15) is 13.2 Å². The van der Waals surface area contributed by atoms with E-state index in [1.807, 2.05) is 0 Å². The van der Waals surface area contributed by atoms with Gasteiger partial charge in [0.15, 0.2) is 0 Å². The number of alkyl halides is 3. The van der Waals surface area contributed by atoms with Crippen molar-refractivity contribution in [3.8, 4) is 0 Å². The molecule has 3 atom stereocenters. The summed E-state index contributed by atoms with van der Waals surface area (Å²) in [6.07, 6.45) is -1.34. The highest BCUT2D eigenvalue weighted by Crippen LogP contribution is 2.46. The first-order chi connectivity index (χ1) is 16.5. The third kappa shape index (κ3) is 5.75. The van der Waals surface area contributed by atoms with E-state index in [1.54, 1.807) is 30.3 Å². The third-order valence-corrected chi connectivity index (χ3v) is 6.88. The lowest BCUT2D eigenvalue weighted by atomic mass is 9.85. The molecular weight excluding hydrogens is 481 g/mol. The molecule has 184 valence electrons. The Kier molecular flexibility index (Phi) is 7.03. The number of nitrogens with zero attached hydrogens (tertiary/aromatic N) is 1. The Labute approximate surface area is 205 Å². The summed E-state index contributed by atoms with van der Waals surface area (Å²) in [5.41, 5.74) is 1.51. The Morgan fingerprint density at radius 2 is 1.86 bits per heavy atom. The van der Waals surface area contributed by atoms with Crippen LogP contribution in [0.15, 0.2) is 54.7 Å². The second kappa shape index (κ2) is 9.85. The second-order valence-electron chi connectivity index (χ2n) is 9.03. The predicted molar refractivity (Wildman–Crippen MR) is 128 cm³/mol. The summed E-state index contributed by atoms with van der Waals surface area (Å²) in [6, 6.07) is 13.0. The van der Waals surface area contributed by atoms with E-state index in [4.69, 9.17) is 11.6 Å². The van der Waals surface area contributed by atoms with Crippen molar-refractivity contribution in [2.24, 2.45) is 11.8 Å². The molecule has 1 aliphatic carbocycles. The van der Waals surface area contributed by atoms with Crippen molar-refractivity contribution in [1.82, 2.24) is 4.98 Å². The van der Waals surface area contributed by atoms with E-state index in [9.17, 15) is 27.9 Å². The Bertz CT molecular complexity index is 1260. The van der Waals surface area contributed by atoms with Gasteiger partial charge in [-0.15, -0.1) is 0 Å². The molecule has 0 radical (unpaired) electrons. The normalized spacial score (nSPS) is 16.5. The fourth-order valence-corrected chi connectivity index (χ4v) is 4.62. The summed E-state index contributed by atoms with van der Waals surface area (Å²) in [5, 5.41) is 12.8. The Balaban J connectivity index is 1.68. The topological polar surface area (TPSA) is 79.3 Å². The largest absolute Gasteiger partial charge is 0.481 e. The highest BCUT2D eigenvalue weighted by Gasteiger charge is 2.45. The number of aromatic nitrogens is 1. The average molecular weight is 505 g/mol. The van der Waals surface area contributed by atoms with E-state index in [2.05, 4.69) is 10.3 Å². The Morgan fingerprint density at radius 3 is 2.51 bits per heavy atom. The van der Waals surface area contributed by atoms with Crippen molar-refractivity contribution >= 4 is 40.1 Å². The van der Waals surface area contributed by atoms with Crippen LogP contribution in [0.4, 0.5) is 18.9 Å². The zero-order valence-electron chi connectivity index (χ0n) is 18.8. The number of hydrogen-bond acceptors (Lipinski definition) is 3. The lowest BCUT2D eigenvalue weighted by molar-refractivity contribution is -0.178. The van der Waals surface area contributed by atoms with Gasteiger partial charge < -0.3 is 10.4 Å². The predicted octanol–water partition coefficient (Wildman–Crippen LogP) is 6.78. The molecule has 5 nitrogen and oxygen atoms in total. The molecule has 3 aromatic rings. The van der Waals surface area contributed by atoms with Crippen LogP contribution in [0.5, 0.6) is 0 Å². The summed E-state index contributed by atoms with van der Waals surface area (Å²) < 4.78 is 41.4. The number of halogens is 4. The number of carboxylic acids is 1. The third-order valence-electron chi connectivity index (χ3n) is 6.55. The SMILES string of the molecule is C[C@H]([C@H](C(=O)Nc1cc([C@@H](CC(=O)O)C2CC2)ccc1Cl)c1ccc2cccnc2c1)C(F)(F)F. The molecule has 0 aliphatic heterocycles. The molecular formula is C26H24ClF3N2O3. The summed E-state index contributed by atoms with van der Waals surface area (Å²) in [6.45, 7) is 0.973. The van der Waals surface area contributed by atoms with Crippen LogP contribution in [-0.4, -0.2) is 28.1 Å². The summed E-state index contributed by atoms with van der Waals surface area (Å²) in [7, 11) is 0. The average Bonchev–Trinajstić information content (AvgIpc) is 3.64. The monoisotopic (exact) mass is 504 g/mol. The lowest BCUT2D eigenvalue weighted by Crippen LogP contribution is -2.34. The van der Waals surface area contributed by atoms with Crippen LogP contribution in [0.25, 0.3) is 10.9 Å². The summed E-state index contributed by atoms with van der Waals surface area (Å²) in [4.78, 5) is 28.9. The number of nitrogens with one attached hydrogen (secondary N) is 1. The number of benzene rings is 2. The molecule has 35 heavy (non-hydrogen) atoms. The number of pyridine rings is 1. The highest BCUT2D eigenvalue weighted by atomic mass is 35.5. The van der Waals surface area contributed by atoms with Crippen LogP contribution in [0, 0.1) is 11.8 Å². The zero-order chi connectivity index (χ0) is 25.3. The first-order valence-electron chi connectivity index (χ1n) is 11.3. The number of carbonyl (C=O) groups is 2. The quantitative estimate of drug-likeness (QED) is 0.354. The van der Waals surface area contributed by atoms with Crippen LogP contribution >= 0.6 is 11.6 Å². The van der Waals surface area contributed by atoms with Crippen molar-refractivity contribution in [3.63, 3.8) is 0 Å². The summed E-state index contributed by atoms with van der Waals surface area (Å²) >= 11 is 6.28. The molecule has 0 bridgehead atoms. The van der Waals surface area contributed by atoms with Gasteiger partial charge in [0.1, 0.15) is 0 Å². The lowest BCUT2D eigenvalue weighted by Gasteiger charge is -2.26. The van der Waals surface area contributed by atoms with Gasteiger partial charge in [-0.25, -0.2) is 0 Å². The molecule has 2 aromatic carbocycles. The maximum atomic E-state index is 13.8. The van der Waals surface area contributed by atoms with E-state index in [0.29, 0.717) is 11.1 Å². The molecule has 1 amide bonds. The number of carbonyl (C=O) groups excluding carboxylic acids is 1. The number of aliphatic carboxylic acids is 1. The Hall–Kier alpha value is -3.13. The van der Waals surface area contributed by atoms with Crippen LogP contribution < -0.4 is 5.32 Å². The van der Waals surface area contributed by atoms with Gasteiger partial charge in [0.2, 0.25) is 5.91 Å². The van der Waals surface area contributed by atoms with Gasteiger partial charge in [-0.05, 0) is 60.1 Å². The molecule has 1 heterocycles. The zero-order valence-corrected chi connectivity index (χ0v) is 19.6. The standard InChI is InChI=1S/C26H24ClF3N2O3/c1-14(26(28,29)30)24(18-7-6-16-3-2-10-31-21(16)12-18)25(35)32-22-11-17(8-9-20(22)27)19(13-23(33)34)15-4-5-15/h2-3,6-12,14-15,19,24H,4-5,13H2,1H3,(H,32,35)(H,33,34)/t14-,19+,24+/m1/s1. The fraction of sp³-hybridized carbons (Fsp3) is 0.346. The Morgan fingerprint density at radius 1 is 1.14 bits per heavy atom. The first kappa shape index (κ1) is 25.0. The molecule has 1 aromatic heterocycles. The molecule has 1 saturated carbocycles. The van der Waals surface area contributed by atoms with Gasteiger partial charge in [-0.3, -0.25) is 14.6 Å². The maximum Gasteiger partial charge on any atom is 0.392 e. The van der Waals surface area contributed by atoms with Crippen LogP contribution in [-0.2, 0) is 9.59 Å². The van der Waals surface area contributed by atoms with E-state index >= 15 is 0 Å². The molecule has 1 fully saturated rings. The van der Waals surface area contributed by atoms with Crippen molar-refractivity contribution in [2.75, 3.05) is 5.32 Å². The van der Waals surface area contributed by atoms with Crippen molar-refractivity contribution in [1.29, 1.82) is 0 Å². The van der Waals surface area contributed by atoms with Crippen molar-refractivity contribution in [3.05, 3.63) is 70.9 Å². The van der Waals surface area contributed by atoms with Gasteiger partial charge in [0.05, 0.1) is 34.5 Å². The minimum absolute atomic E-state index is 0.0719. The molecule has 1 aliphatic rings. The van der Waals surface area contributed by atoms with Gasteiger partial charge in [0.25, 0.3) is 0 Å². The van der Waals surface area contributed by atoms with Crippen LogP contribution in [0.3, 0.4) is 0 Å². The first-order valence-corrected chi connectivity index (χ1v) is 11.7. The summed E-state index contributed by atoms with van der Waals surface area (Å²) in [5.74, 6) is -5.34. The highest BCUT2D eigenvalue weighted by molar-refractivity contribution is 6.33.